The number of hydrogen-bond acceptors (Lipinski definition) is 1. The van der Waals surface area contributed by atoms with E-state index in [1.165, 1.54) is 0 Å². The lowest BCUT2D eigenvalue weighted by Gasteiger charge is -2.07. The highest BCUT2D eigenvalue weighted by Gasteiger charge is 2.30. The maximum Gasteiger partial charge on any atom is 0.416 e. The lowest BCUT2D eigenvalue weighted by Crippen LogP contribution is -2.05. The second-order valence-electron chi connectivity index (χ2n) is 2.56. The average Bonchev–Trinajstić information content (AvgIpc) is 2.15. The number of aldehydes is 1. The minimum atomic E-state index is -4.44. The minimum absolute atomic E-state index is 0.0465. The van der Waals surface area contributed by atoms with E-state index in [1.54, 1.807) is 0 Å². The molecule has 1 aromatic rings. The Morgan fingerprint density at radius 3 is 2.43 bits per heavy atom. The maximum absolute atomic E-state index is 12.2. The van der Waals surface area contributed by atoms with Gasteiger partial charge in [0.1, 0.15) is 0 Å². The number of terminal acetylenes is 1. The second-order valence-corrected chi connectivity index (χ2v) is 2.56. The largest absolute Gasteiger partial charge is 0.416 e. The van der Waals surface area contributed by atoms with Crippen molar-refractivity contribution in [3.63, 3.8) is 0 Å². The summed E-state index contributed by atoms with van der Waals surface area (Å²) in [6, 6.07) is 2.67. The highest BCUT2D eigenvalue weighted by molar-refractivity contribution is 5.79. The summed E-state index contributed by atoms with van der Waals surface area (Å²) in [5, 5.41) is 0. The van der Waals surface area contributed by atoms with Crippen molar-refractivity contribution in [2.45, 2.75) is 6.18 Å². The molecule has 14 heavy (non-hydrogen) atoms. The van der Waals surface area contributed by atoms with Gasteiger partial charge in [0.05, 0.1) is 5.56 Å². The van der Waals surface area contributed by atoms with Crippen molar-refractivity contribution < 1.29 is 18.0 Å². The van der Waals surface area contributed by atoms with E-state index in [1.807, 2.05) is 5.92 Å². The Morgan fingerprint density at radius 1 is 1.36 bits per heavy atom. The van der Waals surface area contributed by atoms with E-state index in [-0.39, 0.29) is 11.1 Å². The van der Waals surface area contributed by atoms with Gasteiger partial charge in [0.15, 0.2) is 6.29 Å². The molecule has 0 aliphatic rings. The number of hydrogen-bond donors (Lipinski definition) is 0. The summed E-state index contributed by atoms with van der Waals surface area (Å²) < 4.78 is 36.5. The topological polar surface area (TPSA) is 17.1 Å². The predicted octanol–water partition coefficient (Wildman–Crippen LogP) is 2.50. The first-order chi connectivity index (χ1) is 6.49. The zero-order valence-electron chi connectivity index (χ0n) is 6.93. The van der Waals surface area contributed by atoms with Gasteiger partial charge in [-0.15, -0.1) is 6.42 Å². The third kappa shape index (κ3) is 1.94. The predicted molar refractivity (Wildman–Crippen MR) is 44.8 cm³/mol. The van der Waals surface area contributed by atoms with Gasteiger partial charge in [-0.1, -0.05) is 5.92 Å². The van der Waals surface area contributed by atoms with Crippen molar-refractivity contribution in [2.75, 3.05) is 0 Å². The molecule has 0 spiro atoms. The van der Waals surface area contributed by atoms with Gasteiger partial charge in [-0.25, -0.2) is 0 Å². The van der Waals surface area contributed by atoms with Crippen LogP contribution < -0.4 is 0 Å². The van der Waals surface area contributed by atoms with Gasteiger partial charge in [0.25, 0.3) is 0 Å². The Kier molecular flexibility index (Phi) is 2.61. The molecule has 0 saturated heterocycles. The van der Waals surface area contributed by atoms with Crippen LogP contribution in [-0.4, -0.2) is 6.29 Å². The van der Waals surface area contributed by atoms with E-state index in [2.05, 4.69) is 0 Å². The molecule has 1 nitrogen and oxygen atoms in total. The summed E-state index contributed by atoms with van der Waals surface area (Å²) in [5.41, 5.74) is -0.814. The molecule has 0 aromatic heterocycles. The van der Waals surface area contributed by atoms with Crippen molar-refractivity contribution in [1.29, 1.82) is 0 Å². The summed E-state index contributed by atoms with van der Waals surface area (Å²) in [6.07, 6.45) is 0.951. The van der Waals surface area contributed by atoms with Gasteiger partial charge >= 0.3 is 6.18 Å². The van der Waals surface area contributed by atoms with Crippen molar-refractivity contribution >= 4 is 6.29 Å². The lowest BCUT2D eigenvalue weighted by molar-refractivity contribution is -0.137. The van der Waals surface area contributed by atoms with Crippen LogP contribution in [0.1, 0.15) is 21.5 Å². The minimum Gasteiger partial charge on any atom is -0.298 e. The standard InChI is InChI=1S/C10H5F3O/c1-2-7-5-9(10(11,12)13)4-3-8(7)6-14/h1,3-6H. The summed E-state index contributed by atoms with van der Waals surface area (Å²) in [5.74, 6) is 2.03. The zero-order valence-corrected chi connectivity index (χ0v) is 6.93. The molecule has 72 valence electrons. The Bertz CT molecular complexity index is 399. The number of carbonyl (C=O) groups excluding carboxylic acids is 1. The van der Waals surface area contributed by atoms with Crippen LogP contribution in [0.15, 0.2) is 18.2 Å². The molecule has 0 aliphatic heterocycles. The maximum atomic E-state index is 12.2. The molecular formula is C10H5F3O. The first-order valence-corrected chi connectivity index (χ1v) is 3.62. The summed E-state index contributed by atoms with van der Waals surface area (Å²) in [4.78, 5) is 10.4. The fourth-order valence-electron chi connectivity index (χ4n) is 0.960. The molecule has 0 amide bonds. The summed E-state index contributed by atoms with van der Waals surface area (Å²) in [7, 11) is 0. The SMILES string of the molecule is C#Cc1cc(C(F)(F)F)ccc1C=O. The van der Waals surface area contributed by atoms with Gasteiger partial charge in [0, 0.05) is 11.1 Å². The number of benzene rings is 1. The lowest BCUT2D eigenvalue weighted by atomic mass is 10.1. The monoisotopic (exact) mass is 198 g/mol. The van der Waals surface area contributed by atoms with Crippen LogP contribution in [0.4, 0.5) is 13.2 Å². The van der Waals surface area contributed by atoms with E-state index >= 15 is 0 Å². The molecule has 0 unspecified atom stereocenters. The molecule has 0 saturated carbocycles. The average molecular weight is 198 g/mol. The first-order valence-electron chi connectivity index (χ1n) is 3.62. The number of halogens is 3. The van der Waals surface area contributed by atoms with Gasteiger partial charge < -0.3 is 0 Å². The Labute approximate surface area is 78.5 Å². The highest BCUT2D eigenvalue weighted by Crippen LogP contribution is 2.30. The molecule has 0 atom stereocenters. The molecule has 1 aromatic carbocycles. The quantitative estimate of drug-likeness (QED) is 0.500. The van der Waals surface area contributed by atoms with Crippen LogP contribution in [-0.2, 0) is 6.18 Å². The third-order valence-electron chi connectivity index (χ3n) is 1.66. The third-order valence-corrected chi connectivity index (χ3v) is 1.66. The number of alkyl halides is 3. The van der Waals surface area contributed by atoms with E-state index in [4.69, 9.17) is 6.42 Å². The number of rotatable bonds is 1. The number of carbonyl (C=O) groups is 1. The molecule has 0 radical (unpaired) electrons. The van der Waals surface area contributed by atoms with E-state index < -0.39 is 11.7 Å². The van der Waals surface area contributed by atoms with Gasteiger partial charge in [0.2, 0.25) is 0 Å². The van der Waals surface area contributed by atoms with E-state index in [0.29, 0.717) is 6.29 Å². The Hall–Kier alpha value is -1.76. The highest BCUT2D eigenvalue weighted by atomic mass is 19.4. The smallest absolute Gasteiger partial charge is 0.298 e. The van der Waals surface area contributed by atoms with Crippen LogP contribution in [0, 0.1) is 12.3 Å². The van der Waals surface area contributed by atoms with Gasteiger partial charge in [-0.2, -0.15) is 13.2 Å². The van der Waals surface area contributed by atoms with Crippen LogP contribution in [0.2, 0.25) is 0 Å². The van der Waals surface area contributed by atoms with Crippen LogP contribution in [0.5, 0.6) is 0 Å². The molecule has 0 bridgehead atoms. The van der Waals surface area contributed by atoms with Gasteiger partial charge in [-0.3, -0.25) is 4.79 Å². The Morgan fingerprint density at radius 2 is 2.00 bits per heavy atom. The molecule has 4 heteroatoms. The fourth-order valence-corrected chi connectivity index (χ4v) is 0.960. The van der Waals surface area contributed by atoms with Crippen LogP contribution >= 0.6 is 0 Å². The van der Waals surface area contributed by atoms with Crippen molar-refractivity contribution in [3.8, 4) is 12.3 Å². The van der Waals surface area contributed by atoms with Crippen molar-refractivity contribution in [3.05, 3.63) is 34.9 Å². The molecule has 0 heterocycles. The molecule has 0 aliphatic carbocycles. The van der Waals surface area contributed by atoms with Gasteiger partial charge in [-0.05, 0) is 18.2 Å². The van der Waals surface area contributed by atoms with Crippen molar-refractivity contribution in [1.82, 2.24) is 0 Å². The summed E-state index contributed by atoms with van der Waals surface area (Å²) in [6.45, 7) is 0. The van der Waals surface area contributed by atoms with Crippen LogP contribution in [0.3, 0.4) is 0 Å². The molecule has 0 N–H and O–H groups in total. The normalized spacial score (nSPS) is 10.7. The fraction of sp³-hybridized carbons (Fsp3) is 0.100. The molecule has 1 rings (SSSR count). The van der Waals surface area contributed by atoms with Crippen LogP contribution in [0.25, 0.3) is 0 Å². The Balaban J connectivity index is 3.30. The zero-order chi connectivity index (χ0) is 10.8. The molecular weight excluding hydrogens is 193 g/mol. The summed E-state index contributed by atoms with van der Waals surface area (Å²) >= 11 is 0. The van der Waals surface area contributed by atoms with E-state index in [9.17, 15) is 18.0 Å². The van der Waals surface area contributed by atoms with E-state index in [0.717, 1.165) is 18.2 Å². The first kappa shape index (κ1) is 10.3. The second kappa shape index (κ2) is 3.54. The van der Waals surface area contributed by atoms with Crippen molar-refractivity contribution in [2.24, 2.45) is 0 Å². The molecule has 0 fully saturated rings.